The van der Waals surface area contributed by atoms with Gasteiger partial charge in [-0.25, -0.2) is 0 Å². The van der Waals surface area contributed by atoms with Crippen molar-refractivity contribution in [1.29, 1.82) is 0 Å². The van der Waals surface area contributed by atoms with Crippen LogP contribution in [0, 0.1) is 0 Å². The molecule has 5 heteroatoms. The Labute approximate surface area is 137 Å². The van der Waals surface area contributed by atoms with E-state index in [-0.39, 0.29) is 24.8 Å². The fourth-order valence-electron chi connectivity index (χ4n) is 2.55. The Kier molecular flexibility index (Phi) is 10.1. The van der Waals surface area contributed by atoms with Crippen molar-refractivity contribution in [3.05, 3.63) is 34.3 Å². The Morgan fingerprint density at radius 3 is 2.42 bits per heavy atom. The molecule has 19 heavy (non-hydrogen) atoms. The summed E-state index contributed by atoms with van der Waals surface area (Å²) in [6, 6.07) is 9.21. The summed E-state index contributed by atoms with van der Waals surface area (Å²) in [5.74, 6) is 0. The van der Waals surface area contributed by atoms with E-state index in [0.717, 1.165) is 26.2 Å². The van der Waals surface area contributed by atoms with Gasteiger partial charge in [-0.1, -0.05) is 47.5 Å². The molecule has 0 aliphatic carbocycles. The summed E-state index contributed by atoms with van der Waals surface area (Å²) in [5, 5.41) is 3.42. The van der Waals surface area contributed by atoms with Gasteiger partial charge in [0.05, 0.1) is 0 Å². The Hall–Kier alpha value is 0.200. The highest BCUT2D eigenvalue weighted by Gasteiger charge is 2.22. The molecule has 1 aliphatic rings. The first-order chi connectivity index (χ1) is 8.33. The molecule has 1 N–H and O–H groups in total. The summed E-state index contributed by atoms with van der Waals surface area (Å²) >= 11 is 3.69. The Morgan fingerprint density at radius 2 is 1.84 bits per heavy atom. The van der Waals surface area contributed by atoms with Crippen LogP contribution in [0.2, 0.25) is 0 Å². The maximum absolute atomic E-state index is 3.69. The summed E-state index contributed by atoms with van der Waals surface area (Å²) in [5.41, 5.74) is 1.44. The standard InChI is InChI=1S/C14H21BrN2.2ClH/c1-2-5-14(17-10-8-16-9-11-17)12-6-3-4-7-13(12)15;;/h3-4,6-7,14,16H,2,5,8-11H2,1H3;2*1H/t14-;;/m1../s1. The van der Waals surface area contributed by atoms with E-state index in [0.29, 0.717) is 6.04 Å². The SMILES string of the molecule is CCC[C@H](c1ccccc1Br)N1CCNCC1.Cl.Cl. The molecular formula is C14H23BrCl2N2. The lowest BCUT2D eigenvalue weighted by Gasteiger charge is -2.35. The highest BCUT2D eigenvalue weighted by atomic mass is 79.9. The number of rotatable bonds is 4. The van der Waals surface area contributed by atoms with Gasteiger partial charge in [-0.3, -0.25) is 4.90 Å². The summed E-state index contributed by atoms with van der Waals surface area (Å²) in [7, 11) is 0. The maximum atomic E-state index is 3.69. The van der Waals surface area contributed by atoms with Crippen molar-refractivity contribution in [3.63, 3.8) is 0 Å². The van der Waals surface area contributed by atoms with Gasteiger partial charge in [0.2, 0.25) is 0 Å². The number of hydrogen-bond acceptors (Lipinski definition) is 2. The number of benzene rings is 1. The largest absolute Gasteiger partial charge is 0.314 e. The Morgan fingerprint density at radius 1 is 1.21 bits per heavy atom. The molecule has 0 amide bonds. The summed E-state index contributed by atoms with van der Waals surface area (Å²) < 4.78 is 1.25. The highest BCUT2D eigenvalue weighted by molar-refractivity contribution is 9.10. The van der Waals surface area contributed by atoms with Crippen molar-refractivity contribution in [1.82, 2.24) is 10.2 Å². The Bertz CT molecular complexity index is 357. The van der Waals surface area contributed by atoms with E-state index in [1.165, 1.54) is 22.9 Å². The van der Waals surface area contributed by atoms with Crippen molar-refractivity contribution in [2.24, 2.45) is 0 Å². The van der Waals surface area contributed by atoms with Gasteiger partial charge in [-0.2, -0.15) is 0 Å². The van der Waals surface area contributed by atoms with Crippen molar-refractivity contribution >= 4 is 40.7 Å². The van der Waals surface area contributed by atoms with E-state index < -0.39 is 0 Å². The van der Waals surface area contributed by atoms with E-state index in [1.54, 1.807) is 0 Å². The number of nitrogens with zero attached hydrogens (tertiary/aromatic N) is 1. The number of halogens is 3. The third-order valence-corrected chi connectivity index (χ3v) is 4.14. The van der Waals surface area contributed by atoms with E-state index in [1.807, 2.05) is 0 Å². The quantitative estimate of drug-likeness (QED) is 0.861. The zero-order chi connectivity index (χ0) is 12.1. The van der Waals surface area contributed by atoms with Crippen LogP contribution in [0.1, 0.15) is 31.4 Å². The average molecular weight is 370 g/mol. The molecule has 2 nitrogen and oxygen atoms in total. The number of piperazine rings is 1. The summed E-state index contributed by atoms with van der Waals surface area (Å²) in [6.45, 7) is 6.82. The van der Waals surface area contributed by atoms with Crippen LogP contribution in [-0.2, 0) is 0 Å². The lowest BCUT2D eigenvalue weighted by atomic mass is 10.00. The van der Waals surface area contributed by atoms with Crippen LogP contribution >= 0.6 is 40.7 Å². The van der Waals surface area contributed by atoms with Crippen LogP contribution in [0.25, 0.3) is 0 Å². The van der Waals surface area contributed by atoms with Crippen LogP contribution in [0.3, 0.4) is 0 Å². The second-order valence-corrected chi connectivity index (χ2v) is 5.47. The number of hydrogen-bond donors (Lipinski definition) is 1. The van der Waals surface area contributed by atoms with E-state index in [4.69, 9.17) is 0 Å². The normalized spacial score (nSPS) is 17.2. The van der Waals surface area contributed by atoms with Gasteiger partial charge in [0.15, 0.2) is 0 Å². The first-order valence-corrected chi connectivity index (χ1v) is 7.31. The van der Waals surface area contributed by atoms with Crippen molar-refractivity contribution < 1.29 is 0 Å². The fourth-order valence-corrected chi connectivity index (χ4v) is 3.10. The molecule has 1 aliphatic heterocycles. The molecule has 1 saturated heterocycles. The predicted octanol–water partition coefficient (Wildman–Crippen LogP) is 4.04. The molecule has 0 aromatic heterocycles. The smallest absolute Gasteiger partial charge is 0.0360 e. The molecule has 0 saturated carbocycles. The second kappa shape index (κ2) is 10.0. The van der Waals surface area contributed by atoms with Crippen molar-refractivity contribution in [2.45, 2.75) is 25.8 Å². The molecule has 110 valence electrons. The molecule has 0 unspecified atom stereocenters. The molecule has 1 fully saturated rings. The van der Waals surface area contributed by atoms with Crippen molar-refractivity contribution in [2.75, 3.05) is 26.2 Å². The maximum Gasteiger partial charge on any atom is 0.0360 e. The first kappa shape index (κ1) is 19.2. The van der Waals surface area contributed by atoms with Gasteiger partial charge in [0.1, 0.15) is 0 Å². The minimum Gasteiger partial charge on any atom is -0.314 e. The van der Waals surface area contributed by atoms with E-state index in [9.17, 15) is 0 Å². The molecule has 2 rings (SSSR count). The molecule has 0 bridgehead atoms. The predicted molar refractivity (Wildman–Crippen MR) is 90.7 cm³/mol. The molecule has 1 atom stereocenters. The first-order valence-electron chi connectivity index (χ1n) is 6.52. The van der Waals surface area contributed by atoms with E-state index in [2.05, 4.69) is 57.3 Å². The van der Waals surface area contributed by atoms with Crippen LogP contribution in [0.4, 0.5) is 0 Å². The lowest BCUT2D eigenvalue weighted by molar-refractivity contribution is 0.164. The fraction of sp³-hybridized carbons (Fsp3) is 0.571. The summed E-state index contributed by atoms with van der Waals surface area (Å²) in [4.78, 5) is 2.61. The topological polar surface area (TPSA) is 15.3 Å². The van der Waals surface area contributed by atoms with Gasteiger partial charge < -0.3 is 5.32 Å². The van der Waals surface area contributed by atoms with Crippen LogP contribution in [0.5, 0.6) is 0 Å². The van der Waals surface area contributed by atoms with Gasteiger partial charge in [0, 0.05) is 36.7 Å². The van der Waals surface area contributed by atoms with Gasteiger partial charge in [0.25, 0.3) is 0 Å². The molecular weight excluding hydrogens is 347 g/mol. The molecule has 1 aromatic carbocycles. The third-order valence-electron chi connectivity index (χ3n) is 3.42. The van der Waals surface area contributed by atoms with E-state index >= 15 is 0 Å². The van der Waals surface area contributed by atoms with Crippen LogP contribution in [-0.4, -0.2) is 31.1 Å². The zero-order valence-corrected chi connectivity index (χ0v) is 14.5. The van der Waals surface area contributed by atoms with Crippen LogP contribution < -0.4 is 5.32 Å². The molecule has 1 aromatic rings. The summed E-state index contributed by atoms with van der Waals surface area (Å²) in [6.07, 6.45) is 2.47. The highest BCUT2D eigenvalue weighted by Crippen LogP contribution is 2.31. The monoisotopic (exact) mass is 368 g/mol. The van der Waals surface area contributed by atoms with Crippen LogP contribution in [0.15, 0.2) is 28.7 Å². The lowest BCUT2D eigenvalue weighted by Crippen LogP contribution is -2.45. The molecule has 0 radical (unpaired) electrons. The number of nitrogens with one attached hydrogen (secondary N) is 1. The van der Waals surface area contributed by atoms with Crippen molar-refractivity contribution in [3.8, 4) is 0 Å². The Balaban J connectivity index is 0.00000162. The average Bonchev–Trinajstić information content (AvgIpc) is 2.38. The molecule has 0 spiro atoms. The van der Waals surface area contributed by atoms with Gasteiger partial charge in [-0.05, 0) is 18.1 Å². The second-order valence-electron chi connectivity index (χ2n) is 4.61. The van der Waals surface area contributed by atoms with Gasteiger partial charge >= 0.3 is 0 Å². The minimum atomic E-state index is 0. The zero-order valence-electron chi connectivity index (χ0n) is 11.3. The third kappa shape index (κ3) is 5.24. The van der Waals surface area contributed by atoms with Gasteiger partial charge in [-0.15, -0.1) is 24.8 Å². The molecule has 1 heterocycles. The minimum absolute atomic E-state index is 0.